The van der Waals surface area contributed by atoms with Crippen LogP contribution in [-0.2, 0) is 16.0 Å². The Morgan fingerprint density at radius 1 is 1.39 bits per heavy atom. The molecule has 0 fully saturated rings. The van der Waals surface area contributed by atoms with Gasteiger partial charge in [-0.05, 0) is 43.0 Å². The van der Waals surface area contributed by atoms with E-state index in [0.29, 0.717) is 24.5 Å². The van der Waals surface area contributed by atoms with Gasteiger partial charge in [-0.3, -0.25) is 4.79 Å². The van der Waals surface area contributed by atoms with E-state index in [1.54, 1.807) is 0 Å². The molecule has 0 aromatic heterocycles. The Labute approximate surface area is 113 Å². The number of methoxy groups -OCH3 is 1. The zero-order valence-electron chi connectivity index (χ0n) is 11.1. The fraction of sp³-hybridized carbons (Fsp3) is 0.500. The molecule has 100 valence electrons. The predicted octanol–water partition coefficient (Wildman–Crippen LogP) is 3.54. The van der Waals surface area contributed by atoms with Gasteiger partial charge in [0.1, 0.15) is 5.75 Å². The molecule has 0 saturated heterocycles. The Kier molecular flexibility index (Phi) is 5.99. The lowest BCUT2D eigenvalue weighted by Gasteiger charge is -2.12. The number of aryl methyl sites for hydroxylation is 2. The van der Waals surface area contributed by atoms with Crippen LogP contribution in [0.4, 0.5) is 0 Å². The highest BCUT2D eigenvalue weighted by Crippen LogP contribution is 2.28. The first-order valence-corrected chi connectivity index (χ1v) is 6.45. The van der Waals surface area contributed by atoms with Crippen LogP contribution in [0, 0.1) is 6.92 Å². The SMILES string of the molecule is CCCOc1cc(C)c(Cl)cc1CCC(=O)OC. The summed E-state index contributed by atoms with van der Waals surface area (Å²) in [7, 11) is 1.39. The molecule has 0 unspecified atom stereocenters. The molecule has 1 rings (SSSR count). The molecule has 0 amide bonds. The summed E-state index contributed by atoms with van der Waals surface area (Å²) in [5.74, 6) is 0.579. The smallest absolute Gasteiger partial charge is 0.305 e. The zero-order chi connectivity index (χ0) is 13.5. The first kappa shape index (κ1) is 14.8. The third-order valence-electron chi connectivity index (χ3n) is 2.63. The van der Waals surface area contributed by atoms with Crippen molar-refractivity contribution in [3.8, 4) is 5.75 Å². The molecule has 18 heavy (non-hydrogen) atoms. The lowest BCUT2D eigenvalue weighted by molar-refractivity contribution is -0.140. The summed E-state index contributed by atoms with van der Waals surface area (Å²) >= 11 is 6.10. The van der Waals surface area contributed by atoms with Gasteiger partial charge in [-0.2, -0.15) is 0 Å². The van der Waals surface area contributed by atoms with Crippen molar-refractivity contribution in [3.05, 3.63) is 28.3 Å². The molecule has 0 aliphatic carbocycles. The fourth-order valence-electron chi connectivity index (χ4n) is 1.58. The van der Waals surface area contributed by atoms with Crippen molar-refractivity contribution in [1.82, 2.24) is 0 Å². The normalized spacial score (nSPS) is 10.2. The quantitative estimate of drug-likeness (QED) is 0.742. The number of esters is 1. The molecule has 0 heterocycles. The second-order valence-corrected chi connectivity index (χ2v) is 4.54. The summed E-state index contributed by atoms with van der Waals surface area (Å²) in [6, 6.07) is 3.79. The molecular weight excluding hydrogens is 252 g/mol. The minimum absolute atomic E-state index is 0.229. The van der Waals surface area contributed by atoms with E-state index in [0.717, 1.165) is 23.3 Å². The maximum atomic E-state index is 11.2. The minimum Gasteiger partial charge on any atom is -0.493 e. The van der Waals surface area contributed by atoms with Crippen LogP contribution < -0.4 is 4.74 Å². The fourth-order valence-corrected chi connectivity index (χ4v) is 1.76. The van der Waals surface area contributed by atoms with Gasteiger partial charge in [0.2, 0.25) is 0 Å². The third kappa shape index (κ3) is 4.22. The largest absolute Gasteiger partial charge is 0.493 e. The summed E-state index contributed by atoms with van der Waals surface area (Å²) in [5, 5.41) is 0.693. The van der Waals surface area contributed by atoms with Gasteiger partial charge < -0.3 is 9.47 Å². The van der Waals surface area contributed by atoms with Crippen LogP contribution in [0.25, 0.3) is 0 Å². The van der Waals surface area contributed by atoms with Crippen LogP contribution >= 0.6 is 11.6 Å². The van der Waals surface area contributed by atoms with Gasteiger partial charge in [-0.15, -0.1) is 0 Å². The summed E-state index contributed by atoms with van der Waals surface area (Å²) in [6.07, 6.45) is 1.85. The first-order valence-electron chi connectivity index (χ1n) is 6.07. The maximum Gasteiger partial charge on any atom is 0.305 e. The molecule has 0 spiro atoms. The molecule has 3 nitrogen and oxygen atoms in total. The number of carbonyl (C=O) groups is 1. The number of halogens is 1. The van der Waals surface area contributed by atoms with Gasteiger partial charge in [0.15, 0.2) is 0 Å². The molecule has 0 atom stereocenters. The van der Waals surface area contributed by atoms with Gasteiger partial charge >= 0.3 is 5.97 Å². The molecule has 1 aromatic rings. The van der Waals surface area contributed by atoms with E-state index in [-0.39, 0.29) is 5.97 Å². The number of benzene rings is 1. The molecule has 0 aliphatic heterocycles. The first-order chi connectivity index (χ1) is 8.58. The zero-order valence-corrected chi connectivity index (χ0v) is 11.8. The van der Waals surface area contributed by atoms with E-state index in [1.165, 1.54) is 7.11 Å². The lowest BCUT2D eigenvalue weighted by Crippen LogP contribution is -2.05. The molecule has 0 bridgehead atoms. The molecule has 0 N–H and O–H groups in total. The van der Waals surface area contributed by atoms with Crippen molar-refractivity contribution in [1.29, 1.82) is 0 Å². The topological polar surface area (TPSA) is 35.5 Å². The van der Waals surface area contributed by atoms with Crippen LogP contribution in [0.15, 0.2) is 12.1 Å². The number of hydrogen-bond donors (Lipinski definition) is 0. The van der Waals surface area contributed by atoms with E-state index >= 15 is 0 Å². The Balaban J connectivity index is 2.85. The molecular formula is C14H19ClO3. The molecule has 1 aromatic carbocycles. The van der Waals surface area contributed by atoms with Gasteiger partial charge in [-0.25, -0.2) is 0 Å². The summed E-state index contributed by atoms with van der Waals surface area (Å²) in [4.78, 5) is 11.2. The van der Waals surface area contributed by atoms with Crippen molar-refractivity contribution >= 4 is 17.6 Å². The monoisotopic (exact) mass is 270 g/mol. The lowest BCUT2D eigenvalue weighted by atomic mass is 10.1. The van der Waals surface area contributed by atoms with Crippen molar-refractivity contribution < 1.29 is 14.3 Å². The minimum atomic E-state index is -0.229. The Morgan fingerprint density at radius 3 is 2.72 bits per heavy atom. The van der Waals surface area contributed by atoms with Crippen molar-refractivity contribution in [2.75, 3.05) is 13.7 Å². The predicted molar refractivity (Wildman–Crippen MR) is 72.3 cm³/mol. The van der Waals surface area contributed by atoms with Gasteiger partial charge in [0.05, 0.1) is 13.7 Å². The standard InChI is InChI=1S/C14H19ClO3/c1-4-7-18-13-8-10(2)12(15)9-11(13)5-6-14(16)17-3/h8-9H,4-7H2,1-3H3. The summed E-state index contributed by atoms with van der Waals surface area (Å²) in [5.41, 5.74) is 1.93. The highest BCUT2D eigenvalue weighted by Gasteiger charge is 2.10. The summed E-state index contributed by atoms with van der Waals surface area (Å²) in [6.45, 7) is 4.65. The van der Waals surface area contributed by atoms with E-state index in [4.69, 9.17) is 16.3 Å². The van der Waals surface area contributed by atoms with Gasteiger partial charge in [-0.1, -0.05) is 18.5 Å². The highest BCUT2D eigenvalue weighted by molar-refractivity contribution is 6.31. The number of hydrogen-bond acceptors (Lipinski definition) is 3. The van der Waals surface area contributed by atoms with Gasteiger partial charge in [0.25, 0.3) is 0 Å². The number of carbonyl (C=O) groups excluding carboxylic acids is 1. The Hall–Kier alpha value is -1.22. The van der Waals surface area contributed by atoms with E-state index in [1.807, 2.05) is 19.1 Å². The molecule has 0 aliphatic rings. The van der Waals surface area contributed by atoms with Crippen molar-refractivity contribution in [2.45, 2.75) is 33.1 Å². The average molecular weight is 271 g/mol. The summed E-state index contributed by atoms with van der Waals surface area (Å²) < 4.78 is 10.3. The maximum absolute atomic E-state index is 11.2. The van der Waals surface area contributed by atoms with Crippen LogP contribution in [0.1, 0.15) is 30.9 Å². The van der Waals surface area contributed by atoms with E-state index < -0.39 is 0 Å². The second kappa shape index (κ2) is 7.27. The van der Waals surface area contributed by atoms with Crippen LogP contribution in [0.3, 0.4) is 0 Å². The second-order valence-electron chi connectivity index (χ2n) is 4.13. The molecule has 4 heteroatoms. The molecule has 0 radical (unpaired) electrons. The van der Waals surface area contributed by atoms with Crippen molar-refractivity contribution in [3.63, 3.8) is 0 Å². The Bertz CT molecular complexity index is 416. The number of ether oxygens (including phenoxy) is 2. The van der Waals surface area contributed by atoms with Crippen LogP contribution in [0.5, 0.6) is 5.75 Å². The Morgan fingerprint density at radius 2 is 2.11 bits per heavy atom. The highest BCUT2D eigenvalue weighted by atomic mass is 35.5. The third-order valence-corrected chi connectivity index (χ3v) is 3.04. The van der Waals surface area contributed by atoms with Crippen LogP contribution in [0.2, 0.25) is 5.02 Å². The number of rotatable bonds is 6. The van der Waals surface area contributed by atoms with E-state index in [9.17, 15) is 4.79 Å². The molecule has 0 saturated carbocycles. The van der Waals surface area contributed by atoms with E-state index in [2.05, 4.69) is 11.7 Å². The average Bonchev–Trinajstić information content (AvgIpc) is 2.37. The van der Waals surface area contributed by atoms with Crippen LogP contribution in [-0.4, -0.2) is 19.7 Å². The van der Waals surface area contributed by atoms with Crippen molar-refractivity contribution in [2.24, 2.45) is 0 Å². The van der Waals surface area contributed by atoms with Gasteiger partial charge in [0, 0.05) is 11.4 Å².